The van der Waals surface area contributed by atoms with E-state index >= 15 is 0 Å². The lowest BCUT2D eigenvalue weighted by Crippen LogP contribution is -2.29. The number of nitrogens with zero attached hydrogens (tertiary/aromatic N) is 1. The van der Waals surface area contributed by atoms with E-state index in [0.29, 0.717) is 23.6 Å². The summed E-state index contributed by atoms with van der Waals surface area (Å²) in [7, 11) is 0. The second-order valence-corrected chi connectivity index (χ2v) is 5.44. The van der Waals surface area contributed by atoms with Gasteiger partial charge in [-0.15, -0.1) is 11.3 Å². The summed E-state index contributed by atoms with van der Waals surface area (Å²) in [6, 6.07) is 7.87. The van der Waals surface area contributed by atoms with Crippen molar-refractivity contribution >= 4 is 17.2 Å². The van der Waals surface area contributed by atoms with Crippen molar-refractivity contribution in [2.75, 3.05) is 6.61 Å². The molecule has 5 nitrogen and oxygen atoms in total. The average Bonchev–Trinajstić information content (AvgIpc) is 2.81. The molecular weight excluding hydrogens is 274 g/mol. The molecule has 1 heterocycles. The summed E-state index contributed by atoms with van der Waals surface area (Å²) in [6.45, 7) is 4.33. The quantitative estimate of drug-likeness (QED) is 0.502. The molecule has 6 heteroatoms. The molecule has 0 unspecified atom stereocenters. The van der Waals surface area contributed by atoms with Gasteiger partial charge >= 0.3 is 0 Å². The minimum atomic E-state index is -0.300. The van der Waals surface area contributed by atoms with E-state index in [1.54, 1.807) is 6.92 Å². The fraction of sp³-hybridized carbons (Fsp3) is 0.286. The van der Waals surface area contributed by atoms with Crippen LogP contribution in [0.3, 0.4) is 0 Å². The lowest BCUT2D eigenvalue weighted by atomic mass is 10.2. The molecule has 0 bridgehead atoms. The van der Waals surface area contributed by atoms with Gasteiger partial charge in [-0.05, 0) is 25.5 Å². The largest absolute Gasteiger partial charge is 0.493 e. The number of para-hydroxylation sites is 1. The maximum absolute atomic E-state index is 11.5. The fourth-order valence-corrected chi connectivity index (χ4v) is 2.75. The van der Waals surface area contributed by atoms with E-state index in [0.717, 1.165) is 16.3 Å². The molecule has 20 heavy (non-hydrogen) atoms. The van der Waals surface area contributed by atoms with Gasteiger partial charge in [-0.1, -0.05) is 18.2 Å². The van der Waals surface area contributed by atoms with Gasteiger partial charge in [-0.25, -0.2) is 10.8 Å². The zero-order chi connectivity index (χ0) is 14.5. The number of carbonyl (C=O) groups excluding carboxylic acids is 1. The Morgan fingerprint density at radius 3 is 2.85 bits per heavy atom. The van der Waals surface area contributed by atoms with Crippen LogP contribution in [0.5, 0.6) is 5.75 Å². The smallest absolute Gasteiger partial charge is 0.277 e. The lowest BCUT2D eigenvalue weighted by Gasteiger charge is -2.07. The summed E-state index contributed by atoms with van der Waals surface area (Å²) in [5.41, 5.74) is 3.93. The monoisotopic (exact) mass is 291 g/mol. The molecule has 0 fully saturated rings. The molecule has 0 spiro atoms. The predicted molar refractivity (Wildman–Crippen MR) is 78.9 cm³/mol. The highest BCUT2D eigenvalue weighted by Crippen LogP contribution is 2.20. The summed E-state index contributed by atoms with van der Waals surface area (Å²) < 4.78 is 5.72. The molecule has 0 aliphatic rings. The minimum absolute atomic E-state index is 0.300. The number of aromatic nitrogens is 1. The lowest BCUT2D eigenvalue weighted by molar-refractivity contribution is 0.0957. The average molecular weight is 291 g/mol. The molecule has 1 aromatic carbocycles. The number of hydrogen-bond acceptors (Lipinski definition) is 5. The van der Waals surface area contributed by atoms with Gasteiger partial charge in [0, 0.05) is 6.42 Å². The highest BCUT2D eigenvalue weighted by molar-refractivity contribution is 7.13. The first-order valence-electron chi connectivity index (χ1n) is 6.27. The fourth-order valence-electron chi connectivity index (χ4n) is 1.80. The van der Waals surface area contributed by atoms with Crippen LogP contribution >= 0.6 is 11.3 Å². The molecule has 1 amide bonds. The number of amides is 1. The molecule has 2 aromatic rings. The Kier molecular flexibility index (Phi) is 4.70. The summed E-state index contributed by atoms with van der Waals surface area (Å²) in [4.78, 5) is 16.4. The molecule has 2 rings (SSSR count). The number of ether oxygens (including phenoxy) is 1. The van der Waals surface area contributed by atoms with Crippen LogP contribution in [0.25, 0.3) is 0 Å². The molecule has 1 aromatic heterocycles. The Balaban J connectivity index is 1.95. The Morgan fingerprint density at radius 2 is 2.15 bits per heavy atom. The highest BCUT2D eigenvalue weighted by Gasteiger charge is 2.14. The summed E-state index contributed by atoms with van der Waals surface area (Å²) in [5, 5.41) is 0.870. The maximum Gasteiger partial charge on any atom is 0.277 e. The van der Waals surface area contributed by atoms with Gasteiger partial charge in [0.25, 0.3) is 5.91 Å². The SMILES string of the molecule is Cc1ccccc1OCCc1nc(C)c(C(=O)NN)s1. The van der Waals surface area contributed by atoms with Crippen LogP contribution in [-0.4, -0.2) is 17.5 Å². The third-order valence-corrected chi connectivity index (χ3v) is 4.06. The van der Waals surface area contributed by atoms with Crippen molar-refractivity contribution in [1.29, 1.82) is 0 Å². The van der Waals surface area contributed by atoms with E-state index in [1.807, 2.05) is 31.2 Å². The van der Waals surface area contributed by atoms with Gasteiger partial charge in [0.2, 0.25) is 0 Å². The van der Waals surface area contributed by atoms with Crippen molar-refractivity contribution in [3.8, 4) is 5.75 Å². The molecule has 0 aliphatic heterocycles. The number of rotatable bonds is 5. The van der Waals surface area contributed by atoms with Crippen molar-refractivity contribution in [3.63, 3.8) is 0 Å². The summed E-state index contributed by atoms with van der Waals surface area (Å²) in [6.07, 6.45) is 0.664. The van der Waals surface area contributed by atoms with Crippen LogP contribution in [0, 0.1) is 13.8 Å². The maximum atomic E-state index is 11.5. The number of hydrazine groups is 1. The van der Waals surface area contributed by atoms with Crippen molar-refractivity contribution in [1.82, 2.24) is 10.4 Å². The summed E-state index contributed by atoms with van der Waals surface area (Å²) in [5.74, 6) is 5.71. The number of hydrogen-bond donors (Lipinski definition) is 2. The van der Waals surface area contributed by atoms with Crippen molar-refractivity contribution in [2.45, 2.75) is 20.3 Å². The number of benzene rings is 1. The molecule has 0 saturated heterocycles. The Labute approximate surface area is 121 Å². The van der Waals surface area contributed by atoms with Crippen LogP contribution < -0.4 is 16.0 Å². The predicted octanol–water partition coefficient (Wildman–Crippen LogP) is 1.98. The van der Waals surface area contributed by atoms with E-state index in [-0.39, 0.29) is 5.91 Å². The molecule has 0 radical (unpaired) electrons. The van der Waals surface area contributed by atoms with Crippen molar-refractivity contribution < 1.29 is 9.53 Å². The second kappa shape index (κ2) is 6.49. The van der Waals surface area contributed by atoms with Gasteiger partial charge in [-0.2, -0.15) is 0 Å². The van der Waals surface area contributed by atoms with Crippen LogP contribution in [0.1, 0.15) is 25.9 Å². The van der Waals surface area contributed by atoms with Crippen LogP contribution in [0.15, 0.2) is 24.3 Å². The Morgan fingerprint density at radius 1 is 1.40 bits per heavy atom. The number of nitrogens with one attached hydrogen (secondary N) is 1. The highest BCUT2D eigenvalue weighted by atomic mass is 32.1. The van der Waals surface area contributed by atoms with Gasteiger partial charge in [0.05, 0.1) is 17.3 Å². The minimum Gasteiger partial charge on any atom is -0.493 e. The summed E-state index contributed by atoms with van der Waals surface area (Å²) >= 11 is 1.35. The normalized spacial score (nSPS) is 10.3. The van der Waals surface area contributed by atoms with E-state index < -0.39 is 0 Å². The second-order valence-electron chi connectivity index (χ2n) is 4.36. The number of carbonyl (C=O) groups is 1. The van der Waals surface area contributed by atoms with E-state index in [4.69, 9.17) is 10.6 Å². The topological polar surface area (TPSA) is 77.2 Å². The third kappa shape index (κ3) is 3.34. The molecule has 0 atom stereocenters. The Hall–Kier alpha value is -1.92. The number of thiazole rings is 1. The standard InChI is InChI=1S/C14H17N3O2S/c1-9-5-3-4-6-11(9)19-8-7-12-16-10(2)13(20-12)14(18)17-15/h3-6H,7-8,15H2,1-2H3,(H,17,18). The molecule has 0 saturated carbocycles. The number of aryl methyl sites for hydroxylation is 2. The van der Waals surface area contributed by atoms with Gasteiger partial charge in [-0.3, -0.25) is 10.2 Å². The third-order valence-electron chi connectivity index (χ3n) is 2.85. The van der Waals surface area contributed by atoms with Crippen LogP contribution in [0.2, 0.25) is 0 Å². The molecule has 3 N–H and O–H groups in total. The zero-order valence-electron chi connectivity index (χ0n) is 11.5. The molecule has 0 aliphatic carbocycles. The van der Waals surface area contributed by atoms with Crippen LogP contribution in [0.4, 0.5) is 0 Å². The van der Waals surface area contributed by atoms with Crippen LogP contribution in [-0.2, 0) is 6.42 Å². The molecule has 106 valence electrons. The number of nitrogen functional groups attached to an aromatic ring is 1. The molecular formula is C14H17N3O2S. The van der Waals surface area contributed by atoms with Gasteiger partial charge in [0.15, 0.2) is 0 Å². The first kappa shape index (κ1) is 14.5. The van der Waals surface area contributed by atoms with E-state index in [2.05, 4.69) is 10.4 Å². The van der Waals surface area contributed by atoms with Crippen molar-refractivity contribution in [3.05, 3.63) is 45.4 Å². The Bertz CT molecular complexity index is 610. The van der Waals surface area contributed by atoms with Gasteiger partial charge < -0.3 is 4.74 Å². The number of nitrogens with two attached hydrogens (primary N) is 1. The van der Waals surface area contributed by atoms with E-state index in [9.17, 15) is 4.79 Å². The first-order valence-corrected chi connectivity index (χ1v) is 7.09. The zero-order valence-corrected chi connectivity index (χ0v) is 12.3. The van der Waals surface area contributed by atoms with Crippen molar-refractivity contribution in [2.24, 2.45) is 5.84 Å². The van der Waals surface area contributed by atoms with E-state index in [1.165, 1.54) is 11.3 Å². The first-order chi connectivity index (χ1) is 9.61. The van der Waals surface area contributed by atoms with Gasteiger partial charge in [0.1, 0.15) is 10.6 Å².